The van der Waals surface area contributed by atoms with Crippen LogP contribution in [0.1, 0.15) is 15.9 Å². The number of carbonyl (C=O) groups is 1. The van der Waals surface area contributed by atoms with Crippen LogP contribution in [0.2, 0.25) is 0 Å². The molecule has 1 aliphatic rings. The molecular weight excluding hydrogens is 188 g/mol. The van der Waals surface area contributed by atoms with Gasteiger partial charge in [-0.25, -0.2) is 9.19 Å². The minimum atomic E-state index is -1.16. The summed E-state index contributed by atoms with van der Waals surface area (Å²) in [5, 5.41) is 2.02. The lowest BCUT2D eigenvalue weighted by atomic mass is 10.2. The van der Waals surface area contributed by atoms with Gasteiger partial charge in [0.1, 0.15) is 5.03 Å². The summed E-state index contributed by atoms with van der Waals surface area (Å²) < 4.78 is 11.2. The predicted octanol–water partition coefficient (Wildman–Crippen LogP) is 0.272. The van der Waals surface area contributed by atoms with Crippen LogP contribution in [-0.4, -0.2) is 15.1 Å². The van der Waals surface area contributed by atoms with Crippen LogP contribution in [0.5, 0.6) is 0 Å². The average molecular weight is 194 g/mol. The van der Waals surface area contributed by atoms with E-state index in [2.05, 4.69) is 4.98 Å². The molecule has 0 aromatic carbocycles. The first-order chi connectivity index (χ1) is 6.18. The van der Waals surface area contributed by atoms with Gasteiger partial charge in [0.2, 0.25) is 5.91 Å². The van der Waals surface area contributed by atoms with Crippen molar-refractivity contribution < 1.29 is 9.00 Å². The molecular formula is C8H6N2O2S. The highest BCUT2D eigenvalue weighted by Gasteiger charge is 2.15. The lowest BCUT2D eigenvalue weighted by Crippen LogP contribution is -2.11. The van der Waals surface area contributed by atoms with Crippen LogP contribution in [0.4, 0.5) is 0 Å². The van der Waals surface area contributed by atoms with E-state index in [0.29, 0.717) is 16.2 Å². The second-order valence-corrected chi connectivity index (χ2v) is 3.84. The Bertz CT molecular complexity index is 440. The Morgan fingerprint density at radius 3 is 3.00 bits per heavy atom. The van der Waals surface area contributed by atoms with Gasteiger partial charge in [-0.15, -0.1) is 0 Å². The Hall–Kier alpha value is -1.49. The number of rotatable bonds is 1. The third-order valence-corrected chi connectivity index (χ3v) is 2.83. The lowest BCUT2D eigenvalue weighted by Gasteiger charge is -1.98. The van der Waals surface area contributed by atoms with Gasteiger partial charge in [-0.2, -0.15) is 0 Å². The second kappa shape index (κ2) is 2.77. The maximum absolute atomic E-state index is 11.2. The third kappa shape index (κ3) is 1.27. The first kappa shape index (κ1) is 8.12. The summed E-state index contributed by atoms with van der Waals surface area (Å²) in [6.45, 7) is 0. The van der Waals surface area contributed by atoms with E-state index in [0.717, 1.165) is 0 Å². The SMILES string of the molecule is NC(=O)c1cnc2c(c1)C=CS2=O. The van der Waals surface area contributed by atoms with Crippen molar-refractivity contribution in [2.75, 3.05) is 0 Å². The van der Waals surface area contributed by atoms with Crippen molar-refractivity contribution in [2.24, 2.45) is 5.73 Å². The number of aromatic nitrogens is 1. The number of hydrogen-bond donors (Lipinski definition) is 1. The van der Waals surface area contributed by atoms with Gasteiger partial charge in [-0.05, 0) is 12.1 Å². The van der Waals surface area contributed by atoms with Crippen LogP contribution < -0.4 is 5.73 Å². The molecule has 1 aromatic heterocycles. The van der Waals surface area contributed by atoms with Gasteiger partial charge in [-0.3, -0.25) is 4.79 Å². The molecule has 5 heteroatoms. The molecule has 4 nitrogen and oxygen atoms in total. The van der Waals surface area contributed by atoms with Gasteiger partial charge in [0.15, 0.2) is 0 Å². The van der Waals surface area contributed by atoms with Crippen molar-refractivity contribution >= 4 is 22.8 Å². The Morgan fingerprint density at radius 2 is 2.31 bits per heavy atom. The van der Waals surface area contributed by atoms with E-state index in [4.69, 9.17) is 5.73 Å². The zero-order valence-corrected chi connectivity index (χ0v) is 7.38. The Morgan fingerprint density at radius 1 is 1.54 bits per heavy atom. The molecule has 2 N–H and O–H groups in total. The highest BCUT2D eigenvalue weighted by Crippen LogP contribution is 2.21. The highest BCUT2D eigenvalue weighted by atomic mass is 32.2. The van der Waals surface area contributed by atoms with E-state index in [1.54, 1.807) is 12.1 Å². The molecule has 0 aliphatic carbocycles. The fourth-order valence-electron chi connectivity index (χ4n) is 1.09. The number of fused-ring (bicyclic) bond motifs is 1. The van der Waals surface area contributed by atoms with Gasteiger partial charge in [0, 0.05) is 17.2 Å². The van der Waals surface area contributed by atoms with E-state index >= 15 is 0 Å². The van der Waals surface area contributed by atoms with Crippen molar-refractivity contribution in [3.63, 3.8) is 0 Å². The van der Waals surface area contributed by atoms with Crippen LogP contribution in [0.3, 0.4) is 0 Å². The number of pyridine rings is 1. The molecule has 0 fully saturated rings. The zero-order valence-electron chi connectivity index (χ0n) is 6.56. The molecule has 1 aliphatic heterocycles. The largest absolute Gasteiger partial charge is 0.366 e. The standard InChI is InChI=1S/C8H6N2O2S/c9-7(11)6-3-5-1-2-13(12)8(5)10-4-6/h1-4H,(H2,9,11). The van der Waals surface area contributed by atoms with E-state index in [9.17, 15) is 9.00 Å². The number of nitrogens with two attached hydrogens (primary N) is 1. The summed E-state index contributed by atoms with van der Waals surface area (Å²) in [6.07, 6.45) is 3.01. The van der Waals surface area contributed by atoms with Gasteiger partial charge in [0.05, 0.1) is 16.4 Å². The third-order valence-electron chi connectivity index (χ3n) is 1.73. The first-order valence-electron chi connectivity index (χ1n) is 3.57. The number of primary amides is 1. The number of hydrogen-bond acceptors (Lipinski definition) is 3. The Kier molecular flexibility index (Phi) is 1.73. The normalized spacial score (nSPS) is 18.6. The number of nitrogens with zero attached hydrogens (tertiary/aromatic N) is 1. The van der Waals surface area contributed by atoms with E-state index in [1.165, 1.54) is 11.6 Å². The molecule has 0 saturated heterocycles. The van der Waals surface area contributed by atoms with Crippen LogP contribution in [-0.2, 0) is 10.8 Å². The van der Waals surface area contributed by atoms with Crippen molar-refractivity contribution in [3.05, 3.63) is 28.8 Å². The monoisotopic (exact) mass is 194 g/mol. The van der Waals surface area contributed by atoms with Crippen molar-refractivity contribution in [3.8, 4) is 0 Å². The maximum atomic E-state index is 11.2. The van der Waals surface area contributed by atoms with E-state index < -0.39 is 16.7 Å². The number of amides is 1. The maximum Gasteiger partial charge on any atom is 0.250 e. The molecule has 1 amide bonds. The molecule has 13 heavy (non-hydrogen) atoms. The molecule has 1 aromatic rings. The van der Waals surface area contributed by atoms with Crippen LogP contribution in [0, 0.1) is 0 Å². The van der Waals surface area contributed by atoms with Crippen LogP contribution in [0.25, 0.3) is 6.08 Å². The molecule has 2 rings (SSSR count). The molecule has 0 radical (unpaired) electrons. The topological polar surface area (TPSA) is 73.1 Å². The summed E-state index contributed by atoms with van der Waals surface area (Å²) in [5.41, 5.74) is 6.10. The molecule has 0 spiro atoms. The van der Waals surface area contributed by atoms with E-state index in [1.807, 2.05) is 0 Å². The minimum Gasteiger partial charge on any atom is -0.366 e. The quantitative estimate of drug-likeness (QED) is 0.697. The lowest BCUT2D eigenvalue weighted by molar-refractivity contribution is 0.1000. The summed E-state index contributed by atoms with van der Waals surface area (Å²) >= 11 is 0. The van der Waals surface area contributed by atoms with Crippen molar-refractivity contribution in [1.82, 2.24) is 4.98 Å². The molecule has 66 valence electrons. The molecule has 1 atom stereocenters. The second-order valence-electron chi connectivity index (χ2n) is 2.58. The average Bonchev–Trinajstić information content (AvgIpc) is 2.47. The fraction of sp³-hybridized carbons (Fsp3) is 0. The van der Waals surface area contributed by atoms with E-state index in [-0.39, 0.29) is 0 Å². The summed E-state index contributed by atoms with van der Waals surface area (Å²) in [4.78, 5) is 14.7. The van der Waals surface area contributed by atoms with Crippen molar-refractivity contribution in [1.29, 1.82) is 0 Å². The van der Waals surface area contributed by atoms with Gasteiger partial charge in [-0.1, -0.05) is 0 Å². The summed E-state index contributed by atoms with van der Waals surface area (Å²) in [5.74, 6) is -0.526. The van der Waals surface area contributed by atoms with Gasteiger partial charge < -0.3 is 5.73 Å². The Balaban J connectivity index is 2.57. The van der Waals surface area contributed by atoms with Crippen LogP contribution >= 0.6 is 0 Å². The summed E-state index contributed by atoms with van der Waals surface area (Å²) in [7, 11) is -1.16. The van der Waals surface area contributed by atoms with Gasteiger partial charge >= 0.3 is 0 Å². The van der Waals surface area contributed by atoms with Gasteiger partial charge in [0.25, 0.3) is 0 Å². The zero-order chi connectivity index (χ0) is 9.42. The molecule has 2 heterocycles. The first-order valence-corrected chi connectivity index (χ1v) is 4.78. The fourth-order valence-corrected chi connectivity index (χ4v) is 2.01. The molecule has 0 saturated carbocycles. The predicted molar refractivity (Wildman–Crippen MR) is 48.2 cm³/mol. The molecule has 1 unspecified atom stereocenters. The summed E-state index contributed by atoms with van der Waals surface area (Å²) in [6, 6.07) is 1.59. The molecule has 0 bridgehead atoms. The van der Waals surface area contributed by atoms with Crippen molar-refractivity contribution in [2.45, 2.75) is 5.03 Å². The number of carbonyl (C=O) groups excluding carboxylic acids is 1. The van der Waals surface area contributed by atoms with Crippen LogP contribution in [0.15, 0.2) is 22.7 Å². The minimum absolute atomic E-state index is 0.335. The Labute approximate surface area is 76.9 Å². The highest BCUT2D eigenvalue weighted by molar-refractivity contribution is 7.88. The smallest absolute Gasteiger partial charge is 0.250 e.